The van der Waals surface area contributed by atoms with Crippen molar-refractivity contribution in [3.8, 4) is 0 Å². The van der Waals surface area contributed by atoms with Gasteiger partial charge in [0.1, 0.15) is 0 Å². The van der Waals surface area contributed by atoms with Gasteiger partial charge in [-0.2, -0.15) is 0 Å². The number of rotatable bonds is 6. The summed E-state index contributed by atoms with van der Waals surface area (Å²) in [5.41, 5.74) is 2.48. The third kappa shape index (κ3) is 3.65. The van der Waals surface area contributed by atoms with Gasteiger partial charge in [-0.05, 0) is 38.8 Å². The van der Waals surface area contributed by atoms with Crippen LogP contribution < -0.4 is 0 Å². The predicted octanol–water partition coefficient (Wildman–Crippen LogP) is 3.05. The highest BCUT2D eigenvalue weighted by Crippen LogP contribution is 2.40. The van der Waals surface area contributed by atoms with Crippen molar-refractivity contribution < 1.29 is 9.59 Å². The first-order valence-corrected chi connectivity index (χ1v) is 8.98. The lowest BCUT2D eigenvalue weighted by Crippen LogP contribution is -2.41. The van der Waals surface area contributed by atoms with Gasteiger partial charge in [-0.15, -0.1) is 0 Å². The van der Waals surface area contributed by atoms with Crippen molar-refractivity contribution in [2.24, 2.45) is 0 Å². The minimum atomic E-state index is -0.124. The largest absolute Gasteiger partial charge is 0.342 e. The molecule has 0 aliphatic heterocycles. The van der Waals surface area contributed by atoms with Crippen LogP contribution in [-0.4, -0.2) is 53.3 Å². The van der Waals surface area contributed by atoms with Gasteiger partial charge in [0.05, 0.1) is 17.6 Å². The Morgan fingerprint density at radius 3 is 2.48 bits per heavy atom. The lowest BCUT2D eigenvalue weighted by atomic mass is 10.0. The maximum atomic E-state index is 13.0. The highest BCUT2D eigenvalue weighted by atomic mass is 16.2. The van der Waals surface area contributed by atoms with E-state index in [1.807, 2.05) is 44.2 Å². The van der Waals surface area contributed by atoms with Gasteiger partial charge in [-0.3, -0.25) is 14.6 Å². The van der Waals surface area contributed by atoms with E-state index < -0.39 is 0 Å². The molecule has 1 fully saturated rings. The molecule has 0 saturated heterocycles. The summed E-state index contributed by atoms with van der Waals surface area (Å²) in [6.45, 7) is 5.29. The summed E-state index contributed by atoms with van der Waals surface area (Å²) in [6, 6.07) is 9.64. The Kier molecular flexibility index (Phi) is 5.02. The van der Waals surface area contributed by atoms with Gasteiger partial charge in [0.2, 0.25) is 5.91 Å². The van der Waals surface area contributed by atoms with Gasteiger partial charge >= 0.3 is 0 Å². The quantitative estimate of drug-likeness (QED) is 0.813. The number of carbonyl (C=O) groups is 2. The standard InChI is InChI=1S/C20H25N3O2/c1-4-23(5-2)19(24)13-22(3)20(25)16-12-18(14-10-11-14)21-17-9-7-6-8-15(16)17/h6-9,12,14H,4-5,10-11,13H2,1-3H3. The Bertz CT molecular complexity index is 795. The predicted molar refractivity (Wildman–Crippen MR) is 98.6 cm³/mol. The molecular formula is C20H25N3O2. The van der Waals surface area contributed by atoms with Gasteiger partial charge in [-0.25, -0.2) is 0 Å². The van der Waals surface area contributed by atoms with E-state index in [1.165, 1.54) is 4.90 Å². The summed E-state index contributed by atoms with van der Waals surface area (Å²) >= 11 is 0. The lowest BCUT2D eigenvalue weighted by Gasteiger charge is -2.23. The number of likely N-dealkylation sites (N-methyl/N-ethyl adjacent to an activating group) is 2. The summed E-state index contributed by atoms with van der Waals surface area (Å²) in [6.07, 6.45) is 2.27. The van der Waals surface area contributed by atoms with Crippen LogP contribution in [0.4, 0.5) is 0 Å². The maximum Gasteiger partial charge on any atom is 0.254 e. The molecule has 5 heteroatoms. The number of fused-ring (bicyclic) bond motifs is 1. The van der Waals surface area contributed by atoms with Gasteiger partial charge in [0.25, 0.3) is 5.91 Å². The number of benzene rings is 1. The summed E-state index contributed by atoms with van der Waals surface area (Å²) in [4.78, 5) is 33.3. The molecule has 3 rings (SSSR count). The van der Waals surface area contributed by atoms with Gasteiger partial charge < -0.3 is 9.80 Å². The number of hydrogen-bond acceptors (Lipinski definition) is 3. The van der Waals surface area contributed by atoms with E-state index in [2.05, 4.69) is 0 Å². The van der Waals surface area contributed by atoms with Gasteiger partial charge in [0.15, 0.2) is 0 Å². The lowest BCUT2D eigenvalue weighted by molar-refractivity contribution is -0.131. The number of carbonyl (C=O) groups excluding carboxylic acids is 2. The molecule has 1 aromatic carbocycles. The third-order valence-corrected chi connectivity index (χ3v) is 4.80. The highest BCUT2D eigenvalue weighted by molar-refractivity contribution is 6.07. The molecule has 2 aromatic rings. The molecular weight excluding hydrogens is 314 g/mol. The summed E-state index contributed by atoms with van der Waals surface area (Å²) < 4.78 is 0. The molecule has 0 atom stereocenters. The molecule has 0 spiro atoms. The fourth-order valence-corrected chi connectivity index (χ4v) is 3.12. The fraction of sp³-hybridized carbons (Fsp3) is 0.450. The summed E-state index contributed by atoms with van der Waals surface area (Å²) in [5, 5.41) is 0.846. The van der Waals surface area contributed by atoms with Crippen LogP contribution in [0.3, 0.4) is 0 Å². The average molecular weight is 339 g/mol. The first-order chi connectivity index (χ1) is 12.0. The van der Waals surface area contributed by atoms with E-state index in [9.17, 15) is 9.59 Å². The van der Waals surface area contributed by atoms with Crippen molar-refractivity contribution in [1.29, 1.82) is 0 Å². The molecule has 25 heavy (non-hydrogen) atoms. The van der Waals surface area contributed by atoms with Crippen molar-refractivity contribution in [3.63, 3.8) is 0 Å². The van der Waals surface area contributed by atoms with Crippen LogP contribution in [-0.2, 0) is 4.79 Å². The molecule has 1 aromatic heterocycles. The number of hydrogen-bond donors (Lipinski definition) is 0. The summed E-state index contributed by atoms with van der Waals surface area (Å²) in [5.74, 6) is 0.321. The molecule has 5 nitrogen and oxygen atoms in total. The average Bonchev–Trinajstić information content (AvgIpc) is 3.46. The molecule has 0 radical (unpaired) electrons. The molecule has 1 heterocycles. The molecule has 2 amide bonds. The minimum Gasteiger partial charge on any atom is -0.342 e. The highest BCUT2D eigenvalue weighted by Gasteiger charge is 2.28. The number of aromatic nitrogens is 1. The van der Waals surface area contributed by atoms with E-state index >= 15 is 0 Å². The second kappa shape index (κ2) is 7.21. The number of pyridine rings is 1. The topological polar surface area (TPSA) is 53.5 Å². The molecule has 0 bridgehead atoms. The molecule has 0 N–H and O–H groups in total. The van der Waals surface area contributed by atoms with Crippen molar-refractivity contribution in [2.45, 2.75) is 32.6 Å². The Balaban J connectivity index is 1.89. The first-order valence-electron chi connectivity index (χ1n) is 8.98. The third-order valence-electron chi connectivity index (χ3n) is 4.80. The van der Waals surface area contributed by atoms with E-state index in [0.717, 1.165) is 29.4 Å². The Labute approximate surface area is 148 Å². The van der Waals surface area contributed by atoms with E-state index in [-0.39, 0.29) is 18.4 Å². The SMILES string of the molecule is CCN(CC)C(=O)CN(C)C(=O)c1cc(C2CC2)nc2ccccc12. The van der Waals surface area contributed by atoms with Crippen molar-refractivity contribution in [1.82, 2.24) is 14.8 Å². The van der Waals surface area contributed by atoms with Crippen LogP contribution >= 0.6 is 0 Å². The van der Waals surface area contributed by atoms with Crippen molar-refractivity contribution in [3.05, 3.63) is 41.6 Å². The fourth-order valence-electron chi connectivity index (χ4n) is 3.12. The van der Waals surface area contributed by atoms with Gasteiger partial charge in [-0.1, -0.05) is 18.2 Å². The first kappa shape index (κ1) is 17.4. The molecule has 1 aliphatic carbocycles. The van der Waals surface area contributed by atoms with E-state index in [4.69, 9.17) is 4.98 Å². The second-order valence-electron chi connectivity index (χ2n) is 6.61. The Hall–Kier alpha value is -2.43. The van der Waals surface area contributed by atoms with E-state index in [0.29, 0.717) is 24.6 Å². The zero-order valence-electron chi connectivity index (χ0n) is 15.2. The van der Waals surface area contributed by atoms with Crippen molar-refractivity contribution >= 4 is 22.7 Å². The van der Waals surface area contributed by atoms with E-state index in [1.54, 1.807) is 11.9 Å². The monoisotopic (exact) mass is 339 g/mol. The van der Waals surface area contributed by atoms with Crippen LogP contribution in [0.1, 0.15) is 48.7 Å². The van der Waals surface area contributed by atoms with Crippen LogP contribution in [0, 0.1) is 0 Å². The number of para-hydroxylation sites is 1. The van der Waals surface area contributed by atoms with Gasteiger partial charge in [0, 0.05) is 37.1 Å². The number of nitrogens with zero attached hydrogens (tertiary/aromatic N) is 3. The van der Waals surface area contributed by atoms with Crippen LogP contribution in [0.25, 0.3) is 10.9 Å². The Morgan fingerprint density at radius 1 is 1.16 bits per heavy atom. The molecule has 1 saturated carbocycles. The molecule has 132 valence electrons. The zero-order chi connectivity index (χ0) is 18.0. The smallest absolute Gasteiger partial charge is 0.254 e. The Morgan fingerprint density at radius 2 is 1.84 bits per heavy atom. The molecule has 1 aliphatic rings. The zero-order valence-corrected chi connectivity index (χ0v) is 15.2. The summed E-state index contributed by atoms with van der Waals surface area (Å²) in [7, 11) is 1.69. The minimum absolute atomic E-state index is 0.0263. The molecule has 0 unspecified atom stereocenters. The normalized spacial score (nSPS) is 13.7. The maximum absolute atomic E-state index is 13.0. The van der Waals surface area contributed by atoms with Crippen molar-refractivity contribution in [2.75, 3.05) is 26.7 Å². The van der Waals surface area contributed by atoms with Crippen LogP contribution in [0.15, 0.2) is 30.3 Å². The number of amides is 2. The van der Waals surface area contributed by atoms with Crippen LogP contribution in [0.5, 0.6) is 0 Å². The second-order valence-corrected chi connectivity index (χ2v) is 6.61. The van der Waals surface area contributed by atoms with Crippen LogP contribution in [0.2, 0.25) is 0 Å².